The zero-order chi connectivity index (χ0) is 14.8. The van der Waals surface area contributed by atoms with Gasteiger partial charge in [0.15, 0.2) is 0 Å². The van der Waals surface area contributed by atoms with Crippen molar-refractivity contribution in [3.63, 3.8) is 0 Å². The molecule has 0 aliphatic carbocycles. The van der Waals surface area contributed by atoms with Crippen LogP contribution >= 0.6 is 34.2 Å². The van der Waals surface area contributed by atoms with Gasteiger partial charge in [-0.1, -0.05) is 11.6 Å². The Morgan fingerprint density at radius 2 is 2.00 bits per heavy atom. The first kappa shape index (κ1) is 15.3. The van der Waals surface area contributed by atoms with E-state index >= 15 is 0 Å². The summed E-state index contributed by atoms with van der Waals surface area (Å²) in [6, 6.07) is 6.53. The minimum absolute atomic E-state index is 0.0910. The van der Waals surface area contributed by atoms with Gasteiger partial charge in [-0.2, -0.15) is 0 Å². The van der Waals surface area contributed by atoms with Crippen molar-refractivity contribution >= 4 is 55.6 Å². The zero-order valence-electron chi connectivity index (χ0n) is 10.4. The Bertz CT molecular complexity index is 737. The first-order valence-electron chi connectivity index (χ1n) is 5.53. The summed E-state index contributed by atoms with van der Waals surface area (Å²) in [6.07, 6.45) is 2.83. The normalized spacial score (nSPS) is 11.2. The van der Waals surface area contributed by atoms with Crippen LogP contribution in [-0.2, 0) is 10.0 Å². The van der Waals surface area contributed by atoms with Crippen LogP contribution in [0.2, 0.25) is 5.02 Å². The molecule has 0 amide bonds. The lowest BCUT2D eigenvalue weighted by Gasteiger charge is -2.12. The molecule has 106 valence electrons. The number of aromatic nitrogens is 1. The minimum Gasteiger partial charge on any atom is -0.387 e. The van der Waals surface area contributed by atoms with E-state index in [1.165, 1.54) is 12.4 Å². The summed E-state index contributed by atoms with van der Waals surface area (Å²) >= 11 is 7.87. The molecule has 0 aliphatic rings. The molecule has 0 bridgehead atoms. The van der Waals surface area contributed by atoms with Crippen LogP contribution in [0, 0.1) is 3.57 Å². The number of anilines is 2. The summed E-state index contributed by atoms with van der Waals surface area (Å²) in [6.45, 7) is 0. The van der Waals surface area contributed by atoms with Crippen molar-refractivity contribution < 1.29 is 8.42 Å². The number of rotatable bonds is 4. The van der Waals surface area contributed by atoms with Crippen LogP contribution in [0.3, 0.4) is 0 Å². The highest BCUT2D eigenvalue weighted by atomic mass is 127. The Morgan fingerprint density at radius 3 is 2.65 bits per heavy atom. The predicted molar refractivity (Wildman–Crippen MR) is 88.8 cm³/mol. The van der Waals surface area contributed by atoms with Gasteiger partial charge in [-0.15, -0.1) is 0 Å². The van der Waals surface area contributed by atoms with E-state index in [0.29, 0.717) is 20.0 Å². The Labute approximate surface area is 135 Å². The fraction of sp³-hybridized carbons (Fsp3) is 0.0833. The van der Waals surface area contributed by atoms with Gasteiger partial charge in [0, 0.05) is 28.0 Å². The Balaban J connectivity index is 2.41. The monoisotopic (exact) mass is 423 g/mol. The Morgan fingerprint density at radius 1 is 1.25 bits per heavy atom. The number of benzene rings is 1. The first-order valence-corrected chi connectivity index (χ1v) is 8.47. The van der Waals surface area contributed by atoms with E-state index in [1.807, 2.05) is 22.6 Å². The Kier molecular flexibility index (Phi) is 4.71. The van der Waals surface area contributed by atoms with Crippen molar-refractivity contribution in [3.8, 4) is 0 Å². The van der Waals surface area contributed by atoms with E-state index in [1.54, 1.807) is 31.3 Å². The number of hydrogen-bond acceptors (Lipinski definition) is 4. The van der Waals surface area contributed by atoms with E-state index in [4.69, 9.17) is 11.6 Å². The molecule has 0 aliphatic heterocycles. The molecule has 20 heavy (non-hydrogen) atoms. The molecular formula is C12H11ClIN3O2S. The maximum absolute atomic E-state index is 12.4. The fourth-order valence-corrected chi connectivity index (χ4v) is 4.00. The number of halogens is 2. The van der Waals surface area contributed by atoms with E-state index in [2.05, 4.69) is 15.0 Å². The van der Waals surface area contributed by atoms with Crippen LogP contribution in [0.15, 0.2) is 41.6 Å². The molecule has 2 rings (SSSR count). The fourth-order valence-electron chi connectivity index (χ4n) is 1.57. The predicted octanol–water partition coefficient (Wildman–Crippen LogP) is 3.18. The van der Waals surface area contributed by atoms with Crippen LogP contribution < -0.4 is 10.0 Å². The molecule has 0 atom stereocenters. The summed E-state index contributed by atoms with van der Waals surface area (Å²) in [5, 5.41) is 3.38. The SMILES string of the molecule is CNc1ccncc1S(=O)(=O)Nc1ccc(Cl)cc1I. The number of sulfonamides is 1. The van der Waals surface area contributed by atoms with Crippen molar-refractivity contribution in [2.75, 3.05) is 17.1 Å². The molecular weight excluding hydrogens is 413 g/mol. The maximum atomic E-state index is 12.4. The average molecular weight is 424 g/mol. The topological polar surface area (TPSA) is 71.1 Å². The van der Waals surface area contributed by atoms with Gasteiger partial charge in [0.1, 0.15) is 4.90 Å². The molecule has 2 aromatic rings. The second-order valence-corrected chi connectivity index (χ2v) is 7.10. The second kappa shape index (κ2) is 6.15. The number of hydrogen-bond donors (Lipinski definition) is 2. The highest BCUT2D eigenvalue weighted by molar-refractivity contribution is 14.1. The third kappa shape index (κ3) is 3.33. The van der Waals surface area contributed by atoms with E-state index < -0.39 is 10.0 Å². The van der Waals surface area contributed by atoms with Crippen LogP contribution in [0.4, 0.5) is 11.4 Å². The lowest BCUT2D eigenvalue weighted by Crippen LogP contribution is -2.15. The van der Waals surface area contributed by atoms with E-state index in [0.717, 1.165) is 0 Å². The molecule has 0 saturated carbocycles. The average Bonchev–Trinajstić information content (AvgIpc) is 2.42. The largest absolute Gasteiger partial charge is 0.387 e. The molecule has 0 saturated heterocycles. The Hall–Kier alpha value is -1.06. The van der Waals surface area contributed by atoms with Gasteiger partial charge in [-0.3, -0.25) is 9.71 Å². The third-order valence-electron chi connectivity index (χ3n) is 2.52. The molecule has 0 fully saturated rings. The summed E-state index contributed by atoms with van der Waals surface area (Å²) in [5.74, 6) is 0. The lowest BCUT2D eigenvalue weighted by molar-refractivity contribution is 0.601. The van der Waals surface area contributed by atoms with Crippen LogP contribution in [0.25, 0.3) is 0 Å². The quantitative estimate of drug-likeness (QED) is 0.741. The highest BCUT2D eigenvalue weighted by Gasteiger charge is 2.19. The molecule has 1 aromatic heterocycles. The van der Waals surface area contributed by atoms with Crippen molar-refractivity contribution in [1.82, 2.24) is 4.98 Å². The van der Waals surface area contributed by atoms with Crippen molar-refractivity contribution in [2.24, 2.45) is 0 Å². The summed E-state index contributed by atoms with van der Waals surface area (Å²) in [7, 11) is -2.06. The van der Waals surface area contributed by atoms with Gasteiger partial charge >= 0.3 is 0 Å². The molecule has 0 spiro atoms. The van der Waals surface area contributed by atoms with E-state index in [9.17, 15) is 8.42 Å². The van der Waals surface area contributed by atoms with Crippen LogP contribution in [-0.4, -0.2) is 20.4 Å². The van der Waals surface area contributed by atoms with Gasteiger partial charge in [-0.25, -0.2) is 8.42 Å². The maximum Gasteiger partial charge on any atom is 0.265 e. The standard InChI is InChI=1S/C12H11ClIN3O2S/c1-15-11-4-5-16-7-12(11)20(18,19)17-10-3-2-8(13)6-9(10)14/h2-7,17H,1H3,(H,15,16). The van der Waals surface area contributed by atoms with Gasteiger partial charge in [0.05, 0.1) is 11.4 Å². The number of nitrogens with one attached hydrogen (secondary N) is 2. The summed E-state index contributed by atoms with van der Waals surface area (Å²) in [5.41, 5.74) is 0.956. The van der Waals surface area contributed by atoms with Gasteiger partial charge in [-0.05, 0) is 46.9 Å². The number of pyridine rings is 1. The van der Waals surface area contributed by atoms with Crippen LogP contribution in [0.5, 0.6) is 0 Å². The van der Waals surface area contributed by atoms with E-state index in [-0.39, 0.29) is 4.90 Å². The number of nitrogens with zero attached hydrogens (tertiary/aromatic N) is 1. The third-order valence-corrected chi connectivity index (χ3v) is 5.04. The van der Waals surface area contributed by atoms with Crippen molar-refractivity contribution in [2.45, 2.75) is 4.90 Å². The summed E-state index contributed by atoms with van der Waals surface area (Å²) < 4.78 is 28.0. The van der Waals surface area contributed by atoms with Gasteiger partial charge in [0.25, 0.3) is 10.0 Å². The molecule has 1 heterocycles. The summed E-state index contributed by atoms with van der Waals surface area (Å²) in [4.78, 5) is 3.95. The molecule has 1 aromatic carbocycles. The second-order valence-electron chi connectivity index (χ2n) is 3.85. The first-order chi connectivity index (χ1) is 9.44. The molecule has 5 nitrogen and oxygen atoms in total. The zero-order valence-corrected chi connectivity index (χ0v) is 14.1. The molecule has 8 heteroatoms. The smallest absolute Gasteiger partial charge is 0.265 e. The van der Waals surface area contributed by atoms with Crippen molar-refractivity contribution in [3.05, 3.63) is 45.3 Å². The highest BCUT2D eigenvalue weighted by Crippen LogP contribution is 2.26. The minimum atomic E-state index is -3.71. The molecule has 0 radical (unpaired) electrons. The molecule has 0 unspecified atom stereocenters. The van der Waals surface area contributed by atoms with Gasteiger partial charge in [0.2, 0.25) is 0 Å². The lowest BCUT2D eigenvalue weighted by atomic mass is 10.3. The van der Waals surface area contributed by atoms with Crippen molar-refractivity contribution in [1.29, 1.82) is 0 Å². The van der Waals surface area contributed by atoms with Gasteiger partial charge < -0.3 is 5.32 Å². The molecule has 2 N–H and O–H groups in total. The van der Waals surface area contributed by atoms with Crippen LogP contribution in [0.1, 0.15) is 0 Å².